The molecule has 0 bridgehead atoms. The van der Waals surface area contributed by atoms with Crippen LogP contribution in [-0.4, -0.2) is 13.7 Å². The highest BCUT2D eigenvalue weighted by Gasteiger charge is 2.35. The average molecular weight is 245 g/mol. The molecule has 2 rings (SSSR count). The van der Waals surface area contributed by atoms with Crippen LogP contribution >= 0.6 is 11.6 Å². The lowest BCUT2D eigenvalue weighted by Crippen LogP contribution is -2.09. The fraction of sp³-hybridized carbons (Fsp3) is 0.455. The summed E-state index contributed by atoms with van der Waals surface area (Å²) in [5, 5.41) is 0.594. The van der Waals surface area contributed by atoms with E-state index in [1.165, 1.54) is 0 Å². The summed E-state index contributed by atoms with van der Waals surface area (Å²) < 4.78 is 23.5. The summed E-state index contributed by atoms with van der Waals surface area (Å²) in [7, 11) is -2.91. The zero-order valence-corrected chi connectivity index (χ0v) is 10.1. The molecule has 2 nitrogen and oxygen atoms in total. The molecule has 1 aliphatic rings. The molecule has 0 unspecified atom stereocenters. The lowest BCUT2D eigenvalue weighted by atomic mass is 10.2. The third kappa shape index (κ3) is 2.52. The van der Waals surface area contributed by atoms with Crippen LogP contribution in [0.3, 0.4) is 0 Å². The highest BCUT2D eigenvalue weighted by molar-refractivity contribution is 7.91. The summed E-state index contributed by atoms with van der Waals surface area (Å²) in [4.78, 5) is 0. The molecule has 0 radical (unpaired) electrons. The van der Waals surface area contributed by atoms with Gasteiger partial charge in [-0.15, -0.1) is 0 Å². The number of sulfone groups is 1. The number of rotatable bonds is 3. The predicted molar refractivity (Wildman–Crippen MR) is 61.8 cm³/mol. The van der Waals surface area contributed by atoms with Gasteiger partial charge in [0, 0.05) is 5.02 Å². The molecule has 0 heterocycles. The molecule has 0 saturated heterocycles. The van der Waals surface area contributed by atoms with E-state index in [-0.39, 0.29) is 11.0 Å². The Bertz CT molecular complexity index is 475. The van der Waals surface area contributed by atoms with Crippen molar-refractivity contribution in [2.75, 3.05) is 0 Å². The molecule has 0 aliphatic heterocycles. The Balaban J connectivity index is 2.21. The molecule has 0 aromatic heterocycles. The van der Waals surface area contributed by atoms with Gasteiger partial charge in [-0.2, -0.15) is 0 Å². The van der Waals surface area contributed by atoms with E-state index in [1.54, 1.807) is 12.1 Å². The second kappa shape index (κ2) is 3.80. The summed E-state index contributed by atoms with van der Waals surface area (Å²) in [5.41, 5.74) is 1.77. The Kier molecular flexibility index (Phi) is 2.77. The van der Waals surface area contributed by atoms with Gasteiger partial charge in [0.05, 0.1) is 11.0 Å². The molecule has 1 fully saturated rings. The second-order valence-electron chi connectivity index (χ2n) is 4.09. The van der Waals surface area contributed by atoms with Crippen molar-refractivity contribution in [2.45, 2.75) is 30.8 Å². The van der Waals surface area contributed by atoms with Gasteiger partial charge in [0.1, 0.15) is 0 Å². The standard InChI is InChI=1S/C11H13ClO2S/c1-8-6-9(2-5-11(8)12)7-15(13,14)10-3-4-10/h2,5-6,10H,3-4,7H2,1H3. The first-order valence-corrected chi connectivity index (χ1v) is 7.05. The zero-order valence-electron chi connectivity index (χ0n) is 8.53. The Morgan fingerprint density at radius 2 is 2.07 bits per heavy atom. The van der Waals surface area contributed by atoms with E-state index in [1.807, 2.05) is 13.0 Å². The van der Waals surface area contributed by atoms with Gasteiger partial charge in [0.25, 0.3) is 0 Å². The van der Waals surface area contributed by atoms with Gasteiger partial charge in [-0.3, -0.25) is 0 Å². The molecule has 0 amide bonds. The van der Waals surface area contributed by atoms with Crippen molar-refractivity contribution >= 4 is 21.4 Å². The van der Waals surface area contributed by atoms with Crippen molar-refractivity contribution in [3.63, 3.8) is 0 Å². The number of hydrogen-bond donors (Lipinski definition) is 0. The minimum Gasteiger partial charge on any atom is -0.228 e. The maximum Gasteiger partial charge on any atom is 0.157 e. The molecule has 1 aromatic rings. The first-order chi connectivity index (χ1) is 6.99. The molecular weight excluding hydrogens is 232 g/mol. The molecule has 1 aromatic carbocycles. The van der Waals surface area contributed by atoms with E-state index in [0.29, 0.717) is 5.02 Å². The summed E-state index contributed by atoms with van der Waals surface area (Å²) in [5.74, 6) is 0.148. The van der Waals surface area contributed by atoms with Gasteiger partial charge in [0.15, 0.2) is 9.84 Å². The minimum absolute atomic E-state index is 0.0894. The number of hydrogen-bond acceptors (Lipinski definition) is 2. The van der Waals surface area contributed by atoms with Crippen molar-refractivity contribution in [3.05, 3.63) is 34.3 Å². The Morgan fingerprint density at radius 1 is 1.40 bits per heavy atom. The number of benzene rings is 1. The molecule has 1 saturated carbocycles. The number of halogens is 1. The maximum absolute atomic E-state index is 11.7. The van der Waals surface area contributed by atoms with Crippen LogP contribution < -0.4 is 0 Å². The lowest BCUT2D eigenvalue weighted by molar-refractivity contribution is 0.594. The lowest BCUT2D eigenvalue weighted by Gasteiger charge is -2.04. The molecule has 0 N–H and O–H groups in total. The topological polar surface area (TPSA) is 34.1 Å². The monoisotopic (exact) mass is 244 g/mol. The van der Waals surface area contributed by atoms with E-state index in [0.717, 1.165) is 24.0 Å². The smallest absolute Gasteiger partial charge is 0.157 e. The predicted octanol–water partition coefficient (Wildman–Crippen LogP) is 2.73. The van der Waals surface area contributed by atoms with Gasteiger partial charge in [-0.1, -0.05) is 23.7 Å². The molecule has 1 aliphatic carbocycles. The molecular formula is C11H13ClO2S. The Hall–Kier alpha value is -0.540. The fourth-order valence-corrected chi connectivity index (χ4v) is 3.43. The van der Waals surface area contributed by atoms with E-state index in [4.69, 9.17) is 11.6 Å². The molecule has 0 spiro atoms. The fourth-order valence-electron chi connectivity index (χ4n) is 1.57. The average Bonchev–Trinajstić information content (AvgIpc) is 2.93. The first kappa shape index (κ1) is 11.0. The maximum atomic E-state index is 11.7. The van der Waals surface area contributed by atoms with E-state index < -0.39 is 9.84 Å². The summed E-state index contributed by atoms with van der Waals surface area (Å²) >= 11 is 5.88. The van der Waals surface area contributed by atoms with Gasteiger partial charge < -0.3 is 0 Å². The van der Waals surface area contributed by atoms with Crippen molar-refractivity contribution in [1.29, 1.82) is 0 Å². The van der Waals surface area contributed by atoms with Crippen LogP contribution in [0.5, 0.6) is 0 Å². The van der Waals surface area contributed by atoms with Crippen molar-refractivity contribution in [2.24, 2.45) is 0 Å². The molecule has 82 valence electrons. The van der Waals surface area contributed by atoms with Crippen molar-refractivity contribution in [1.82, 2.24) is 0 Å². The molecule has 4 heteroatoms. The normalized spacial score (nSPS) is 16.7. The van der Waals surface area contributed by atoms with Crippen LogP contribution in [0.2, 0.25) is 5.02 Å². The van der Waals surface area contributed by atoms with Crippen LogP contribution in [0.1, 0.15) is 24.0 Å². The minimum atomic E-state index is -2.91. The van der Waals surface area contributed by atoms with Crippen LogP contribution in [0.25, 0.3) is 0 Å². The van der Waals surface area contributed by atoms with Gasteiger partial charge >= 0.3 is 0 Å². The van der Waals surface area contributed by atoms with E-state index in [2.05, 4.69) is 0 Å². The van der Waals surface area contributed by atoms with Crippen LogP contribution in [0, 0.1) is 6.92 Å². The summed E-state index contributed by atoms with van der Waals surface area (Å²) in [6.07, 6.45) is 1.66. The van der Waals surface area contributed by atoms with Gasteiger partial charge in [-0.05, 0) is 37.0 Å². The van der Waals surface area contributed by atoms with Crippen LogP contribution in [0.4, 0.5) is 0 Å². The number of aryl methyl sites for hydroxylation is 1. The summed E-state index contributed by atoms with van der Waals surface area (Å²) in [6.45, 7) is 1.88. The Labute approximate surface area is 95.2 Å². The van der Waals surface area contributed by atoms with Crippen molar-refractivity contribution in [3.8, 4) is 0 Å². The quantitative estimate of drug-likeness (QED) is 0.819. The van der Waals surface area contributed by atoms with Crippen LogP contribution in [0.15, 0.2) is 18.2 Å². The van der Waals surface area contributed by atoms with Gasteiger partial charge in [0.2, 0.25) is 0 Å². The Morgan fingerprint density at radius 3 is 2.60 bits per heavy atom. The third-order valence-corrected chi connectivity index (χ3v) is 5.27. The van der Waals surface area contributed by atoms with E-state index >= 15 is 0 Å². The highest BCUT2D eigenvalue weighted by atomic mass is 35.5. The summed E-state index contributed by atoms with van der Waals surface area (Å²) in [6, 6.07) is 5.40. The second-order valence-corrected chi connectivity index (χ2v) is 6.78. The first-order valence-electron chi connectivity index (χ1n) is 4.95. The molecule has 0 atom stereocenters. The SMILES string of the molecule is Cc1cc(CS(=O)(=O)C2CC2)ccc1Cl. The van der Waals surface area contributed by atoms with E-state index in [9.17, 15) is 8.42 Å². The third-order valence-electron chi connectivity index (χ3n) is 2.62. The molecule has 15 heavy (non-hydrogen) atoms. The largest absolute Gasteiger partial charge is 0.228 e. The van der Waals surface area contributed by atoms with Crippen molar-refractivity contribution < 1.29 is 8.42 Å². The highest BCUT2D eigenvalue weighted by Crippen LogP contribution is 2.31. The van der Waals surface area contributed by atoms with Crippen LogP contribution in [-0.2, 0) is 15.6 Å². The van der Waals surface area contributed by atoms with Gasteiger partial charge in [-0.25, -0.2) is 8.42 Å². The zero-order chi connectivity index (χ0) is 11.1.